The van der Waals surface area contributed by atoms with Gasteiger partial charge in [-0.1, -0.05) is 30.6 Å². The van der Waals surface area contributed by atoms with Gasteiger partial charge in [0, 0.05) is 6.54 Å². The smallest absolute Gasteiger partial charge is 0.490 e. The highest BCUT2D eigenvalue weighted by Crippen LogP contribution is 2.19. The lowest BCUT2D eigenvalue weighted by atomic mass is 9.79. The van der Waals surface area contributed by atoms with E-state index in [1.165, 1.54) is 18.2 Å². The Morgan fingerprint density at radius 3 is 2.52 bits per heavy atom. The maximum atomic E-state index is 12.9. The van der Waals surface area contributed by atoms with Crippen molar-refractivity contribution >= 4 is 12.4 Å². The summed E-state index contributed by atoms with van der Waals surface area (Å²) in [6.07, 6.45) is 0.780. The highest BCUT2D eigenvalue weighted by molar-refractivity contribution is 6.74. The standard InChI is InChI=1S/C14H17BF3N2O/c1-3-11-9-12(20(4-2)19-11)10-21-14-8-6-5-7-13(14)15(16,17)18/h5-9H,3-4,10H2,1-2H3/q-1. The first-order valence-electron chi connectivity index (χ1n) is 6.93. The van der Waals surface area contributed by atoms with Gasteiger partial charge in [-0.05, 0) is 25.5 Å². The number of para-hydroxylation sites is 1. The maximum absolute atomic E-state index is 12.9. The third kappa shape index (κ3) is 3.59. The molecule has 0 aliphatic carbocycles. The quantitative estimate of drug-likeness (QED) is 0.766. The first-order chi connectivity index (χ1) is 9.95. The number of hydrogen-bond donors (Lipinski definition) is 0. The van der Waals surface area contributed by atoms with Crippen LogP contribution < -0.4 is 10.2 Å². The third-order valence-corrected chi connectivity index (χ3v) is 3.22. The summed E-state index contributed by atoms with van der Waals surface area (Å²) in [5, 5.41) is 4.35. The molecule has 3 nitrogen and oxygen atoms in total. The van der Waals surface area contributed by atoms with Gasteiger partial charge in [0.15, 0.2) is 0 Å². The second-order valence-corrected chi connectivity index (χ2v) is 4.70. The molecular formula is C14H17BF3N2O-. The lowest BCUT2D eigenvalue weighted by Gasteiger charge is -2.19. The summed E-state index contributed by atoms with van der Waals surface area (Å²) in [6, 6.07) is 7.16. The van der Waals surface area contributed by atoms with Crippen molar-refractivity contribution in [3.63, 3.8) is 0 Å². The van der Waals surface area contributed by atoms with E-state index in [0.29, 0.717) is 6.54 Å². The fourth-order valence-electron chi connectivity index (χ4n) is 2.11. The van der Waals surface area contributed by atoms with Gasteiger partial charge < -0.3 is 17.7 Å². The van der Waals surface area contributed by atoms with Crippen LogP contribution in [0, 0.1) is 0 Å². The van der Waals surface area contributed by atoms with Crippen LogP contribution in [0.15, 0.2) is 30.3 Å². The van der Waals surface area contributed by atoms with Crippen LogP contribution in [0.2, 0.25) is 0 Å². The van der Waals surface area contributed by atoms with Crippen LogP contribution in [-0.2, 0) is 19.6 Å². The molecule has 114 valence electrons. The van der Waals surface area contributed by atoms with E-state index in [1.807, 2.05) is 19.9 Å². The topological polar surface area (TPSA) is 27.1 Å². The molecule has 0 aliphatic heterocycles. The number of aryl methyl sites for hydroxylation is 2. The Morgan fingerprint density at radius 1 is 1.19 bits per heavy atom. The van der Waals surface area contributed by atoms with Gasteiger partial charge in [0.2, 0.25) is 0 Å². The molecule has 21 heavy (non-hydrogen) atoms. The average Bonchev–Trinajstić information content (AvgIpc) is 2.87. The zero-order valence-electron chi connectivity index (χ0n) is 12.0. The normalized spacial score (nSPS) is 11.7. The van der Waals surface area contributed by atoms with Crippen LogP contribution in [0.25, 0.3) is 0 Å². The molecule has 0 unspecified atom stereocenters. The zero-order valence-corrected chi connectivity index (χ0v) is 12.0. The molecule has 0 amide bonds. The number of rotatable bonds is 6. The van der Waals surface area contributed by atoms with Gasteiger partial charge in [0.1, 0.15) is 6.61 Å². The Bertz CT molecular complexity index is 611. The van der Waals surface area contributed by atoms with Crippen molar-refractivity contribution in [2.75, 3.05) is 0 Å². The van der Waals surface area contributed by atoms with Crippen LogP contribution in [-0.4, -0.2) is 16.8 Å². The van der Waals surface area contributed by atoms with Crippen molar-refractivity contribution in [1.82, 2.24) is 9.78 Å². The summed E-state index contributed by atoms with van der Waals surface area (Å²) in [5.74, 6) is -0.132. The molecule has 1 aromatic carbocycles. The molecule has 0 N–H and O–H groups in total. The summed E-state index contributed by atoms with van der Waals surface area (Å²) >= 11 is 0. The predicted molar refractivity (Wildman–Crippen MR) is 76.8 cm³/mol. The van der Waals surface area contributed by atoms with E-state index in [9.17, 15) is 12.9 Å². The largest absolute Gasteiger partial charge is 0.513 e. The molecule has 1 aromatic heterocycles. The molecule has 0 saturated carbocycles. The maximum Gasteiger partial charge on any atom is 0.513 e. The van der Waals surface area contributed by atoms with Crippen molar-refractivity contribution in [3.8, 4) is 5.75 Å². The van der Waals surface area contributed by atoms with Crippen LogP contribution in [0.1, 0.15) is 25.2 Å². The summed E-state index contributed by atoms with van der Waals surface area (Å²) in [7, 11) is 0. The summed E-state index contributed by atoms with van der Waals surface area (Å²) in [4.78, 5) is 0. The average molecular weight is 297 g/mol. The van der Waals surface area contributed by atoms with Gasteiger partial charge in [-0.15, -0.1) is 0 Å². The molecule has 7 heteroatoms. The van der Waals surface area contributed by atoms with E-state index in [4.69, 9.17) is 4.74 Å². The SMILES string of the molecule is CCc1cc(COc2ccccc2[B-](F)(F)F)n(CC)n1. The molecule has 0 fully saturated rings. The number of nitrogens with zero attached hydrogens (tertiary/aromatic N) is 2. The second kappa shape index (κ2) is 6.24. The van der Waals surface area contributed by atoms with Crippen LogP contribution in [0.5, 0.6) is 5.75 Å². The lowest BCUT2D eigenvalue weighted by Crippen LogP contribution is -2.35. The second-order valence-electron chi connectivity index (χ2n) is 4.70. The minimum atomic E-state index is -5.08. The lowest BCUT2D eigenvalue weighted by molar-refractivity contribution is 0.293. The van der Waals surface area contributed by atoms with Crippen LogP contribution in [0.3, 0.4) is 0 Å². The monoisotopic (exact) mass is 297 g/mol. The van der Waals surface area contributed by atoms with Crippen molar-refractivity contribution in [3.05, 3.63) is 41.7 Å². The third-order valence-electron chi connectivity index (χ3n) is 3.22. The Morgan fingerprint density at radius 2 is 1.90 bits per heavy atom. The van der Waals surface area contributed by atoms with E-state index in [1.54, 1.807) is 4.68 Å². The van der Waals surface area contributed by atoms with E-state index < -0.39 is 12.4 Å². The Labute approximate surface area is 121 Å². The van der Waals surface area contributed by atoms with Gasteiger partial charge in [0.05, 0.1) is 17.1 Å². The molecule has 2 aromatic rings. The van der Waals surface area contributed by atoms with E-state index in [2.05, 4.69) is 5.10 Å². The highest BCUT2D eigenvalue weighted by atomic mass is 19.4. The fourth-order valence-corrected chi connectivity index (χ4v) is 2.11. The number of ether oxygens (including phenoxy) is 1. The molecule has 1 heterocycles. The summed E-state index contributed by atoms with van der Waals surface area (Å²) < 4.78 is 46.0. The van der Waals surface area contributed by atoms with E-state index >= 15 is 0 Å². The Hall–Kier alpha value is -1.92. The van der Waals surface area contributed by atoms with Crippen LogP contribution >= 0.6 is 0 Å². The summed E-state index contributed by atoms with van der Waals surface area (Å²) in [5.41, 5.74) is 0.985. The first-order valence-corrected chi connectivity index (χ1v) is 6.93. The van der Waals surface area contributed by atoms with E-state index in [-0.39, 0.29) is 12.4 Å². The Balaban J connectivity index is 2.19. The number of benzene rings is 1. The Kier molecular flexibility index (Phi) is 4.60. The highest BCUT2D eigenvalue weighted by Gasteiger charge is 2.29. The number of aromatic nitrogens is 2. The molecule has 0 radical (unpaired) electrons. The molecule has 0 aliphatic rings. The van der Waals surface area contributed by atoms with Gasteiger partial charge in [-0.25, -0.2) is 0 Å². The summed E-state index contributed by atoms with van der Waals surface area (Å²) in [6.45, 7) is -0.437. The first kappa shape index (κ1) is 15.5. The van der Waals surface area contributed by atoms with Crippen molar-refractivity contribution < 1.29 is 17.7 Å². The van der Waals surface area contributed by atoms with Gasteiger partial charge in [-0.2, -0.15) is 5.10 Å². The van der Waals surface area contributed by atoms with Crippen molar-refractivity contribution in [2.24, 2.45) is 0 Å². The number of halogens is 3. The zero-order chi connectivity index (χ0) is 15.5. The molecule has 2 rings (SSSR count). The van der Waals surface area contributed by atoms with Crippen LogP contribution in [0.4, 0.5) is 12.9 Å². The van der Waals surface area contributed by atoms with E-state index in [0.717, 1.165) is 23.9 Å². The molecule has 0 spiro atoms. The molecule has 0 bridgehead atoms. The minimum Gasteiger partial charge on any atom is -0.490 e. The van der Waals surface area contributed by atoms with Gasteiger partial charge >= 0.3 is 6.98 Å². The fraction of sp³-hybridized carbons (Fsp3) is 0.357. The molecule has 0 atom stereocenters. The number of hydrogen-bond acceptors (Lipinski definition) is 2. The van der Waals surface area contributed by atoms with Gasteiger partial charge in [-0.3, -0.25) is 4.68 Å². The van der Waals surface area contributed by atoms with Gasteiger partial charge in [0.25, 0.3) is 0 Å². The predicted octanol–water partition coefficient (Wildman–Crippen LogP) is 3.10. The van der Waals surface area contributed by atoms with Crippen molar-refractivity contribution in [1.29, 1.82) is 0 Å². The van der Waals surface area contributed by atoms with Crippen molar-refractivity contribution in [2.45, 2.75) is 33.4 Å². The molecular weight excluding hydrogens is 280 g/mol. The molecule has 0 saturated heterocycles. The minimum absolute atomic E-state index is 0.0734.